The number of fused-ring (bicyclic) bond motifs is 1. The number of nitrogens with one attached hydrogen (secondary N) is 1. The lowest BCUT2D eigenvalue weighted by Crippen LogP contribution is -2.42. The van der Waals surface area contributed by atoms with Crippen molar-refractivity contribution in [1.29, 1.82) is 0 Å². The second kappa shape index (κ2) is 9.23. The zero-order chi connectivity index (χ0) is 19.9. The number of para-hydroxylation sites is 1. The molecule has 0 radical (unpaired) electrons. The Labute approximate surface area is 165 Å². The van der Waals surface area contributed by atoms with Crippen LogP contribution in [-0.4, -0.2) is 40.0 Å². The van der Waals surface area contributed by atoms with Crippen LogP contribution in [0.4, 0.5) is 0 Å². The number of esters is 1. The second-order valence-corrected chi connectivity index (χ2v) is 7.65. The number of hydrogen-bond acceptors (Lipinski definition) is 5. The molecule has 0 aliphatic carbocycles. The normalized spacial score (nSPS) is 12.9. The average Bonchev–Trinajstić information content (AvgIpc) is 2.75. The maximum absolute atomic E-state index is 12.8. The summed E-state index contributed by atoms with van der Waals surface area (Å²) in [5, 5.41) is 3.40. The van der Waals surface area contributed by atoms with Gasteiger partial charge < -0.3 is 10.1 Å². The summed E-state index contributed by atoms with van der Waals surface area (Å²) in [4.78, 5) is 29.8. The van der Waals surface area contributed by atoms with Gasteiger partial charge in [-0.1, -0.05) is 36.4 Å². The van der Waals surface area contributed by atoms with Gasteiger partial charge in [0, 0.05) is 22.2 Å². The summed E-state index contributed by atoms with van der Waals surface area (Å²) in [6.07, 6.45) is 1.75. The number of rotatable bonds is 7. The molecule has 1 aromatic heterocycles. The van der Waals surface area contributed by atoms with Crippen molar-refractivity contribution in [3.05, 3.63) is 72.4 Å². The van der Waals surface area contributed by atoms with Gasteiger partial charge in [0.15, 0.2) is 0 Å². The topological polar surface area (TPSA) is 85.4 Å². The summed E-state index contributed by atoms with van der Waals surface area (Å²) in [6, 6.07) is 17.0. The Bertz CT molecular complexity index is 1000. The smallest absolute Gasteiger partial charge is 0.328 e. The second-order valence-electron chi connectivity index (χ2n) is 6.08. The monoisotopic (exact) mass is 396 g/mol. The Morgan fingerprint density at radius 2 is 1.79 bits per heavy atom. The minimum Gasteiger partial charge on any atom is -0.467 e. The van der Waals surface area contributed by atoms with Crippen LogP contribution in [0.5, 0.6) is 0 Å². The highest BCUT2D eigenvalue weighted by Crippen LogP contribution is 2.16. The van der Waals surface area contributed by atoms with Crippen LogP contribution >= 0.6 is 0 Å². The molecular weight excluding hydrogens is 376 g/mol. The van der Waals surface area contributed by atoms with E-state index in [0.717, 1.165) is 0 Å². The molecule has 0 saturated carbocycles. The molecule has 3 aromatic rings. The maximum Gasteiger partial charge on any atom is 0.328 e. The molecule has 0 aliphatic heterocycles. The van der Waals surface area contributed by atoms with E-state index in [9.17, 15) is 13.8 Å². The van der Waals surface area contributed by atoms with Crippen molar-refractivity contribution >= 4 is 33.6 Å². The first-order valence-electron chi connectivity index (χ1n) is 8.76. The van der Waals surface area contributed by atoms with E-state index in [1.54, 1.807) is 42.6 Å². The zero-order valence-corrected chi connectivity index (χ0v) is 16.1. The number of pyridine rings is 1. The maximum atomic E-state index is 12.8. The predicted octanol–water partition coefficient (Wildman–Crippen LogP) is 2.70. The van der Waals surface area contributed by atoms with Crippen LogP contribution in [0.3, 0.4) is 0 Å². The summed E-state index contributed by atoms with van der Waals surface area (Å²) < 4.78 is 17.2. The highest BCUT2D eigenvalue weighted by Gasteiger charge is 2.24. The van der Waals surface area contributed by atoms with E-state index in [2.05, 4.69) is 10.3 Å². The van der Waals surface area contributed by atoms with Gasteiger partial charge in [-0.3, -0.25) is 14.0 Å². The Balaban J connectivity index is 1.74. The van der Waals surface area contributed by atoms with E-state index >= 15 is 0 Å². The summed E-state index contributed by atoms with van der Waals surface area (Å²) in [7, 11) is -0.0118. The Morgan fingerprint density at radius 3 is 2.54 bits per heavy atom. The third-order valence-electron chi connectivity index (χ3n) is 4.28. The number of ether oxygens (including phenoxy) is 1. The van der Waals surface area contributed by atoms with Gasteiger partial charge in [0.05, 0.1) is 29.0 Å². The molecule has 28 heavy (non-hydrogen) atoms. The number of benzene rings is 2. The molecule has 1 amide bonds. The van der Waals surface area contributed by atoms with Gasteiger partial charge in [-0.15, -0.1) is 0 Å². The largest absolute Gasteiger partial charge is 0.467 e. The van der Waals surface area contributed by atoms with Crippen LogP contribution in [-0.2, 0) is 20.3 Å². The van der Waals surface area contributed by atoms with Crippen molar-refractivity contribution in [2.24, 2.45) is 0 Å². The molecule has 2 aromatic carbocycles. The molecule has 0 aliphatic rings. The van der Waals surface area contributed by atoms with Crippen molar-refractivity contribution in [3.8, 4) is 0 Å². The molecule has 144 valence electrons. The number of carbonyl (C=O) groups is 2. The number of nitrogens with zero attached hydrogens (tertiary/aromatic N) is 1. The fourth-order valence-corrected chi connectivity index (χ4v) is 3.98. The van der Waals surface area contributed by atoms with Crippen LogP contribution in [0.1, 0.15) is 16.8 Å². The Morgan fingerprint density at radius 1 is 1.07 bits per heavy atom. The van der Waals surface area contributed by atoms with Gasteiger partial charge >= 0.3 is 5.97 Å². The lowest BCUT2D eigenvalue weighted by atomic mass is 10.1. The molecule has 0 fully saturated rings. The SMILES string of the molecule is COC(=O)[C@H](CC[S@@](=O)c1ccccc1)NC(=O)c1ccnc2ccccc12. The molecule has 2 atom stereocenters. The van der Waals surface area contributed by atoms with E-state index in [1.165, 1.54) is 7.11 Å². The summed E-state index contributed by atoms with van der Waals surface area (Å²) in [5.41, 5.74) is 1.11. The van der Waals surface area contributed by atoms with Gasteiger partial charge in [-0.2, -0.15) is 0 Å². The van der Waals surface area contributed by atoms with Gasteiger partial charge in [-0.05, 0) is 30.7 Å². The van der Waals surface area contributed by atoms with Crippen LogP contribution < -0.4 is 5.32 Å². The van der Waals surface area contributed by atoms with E-state index in [0.29, 0.717) is 21.4 Å². The van der Waals surface area contributed by atoms with Crippen molar-refractivity contribution in [2.75, 3.05) is 12.9 Å². The fraction of sp³-hybridized carbons (Fsp3) is 0.190. The lowest BCUT2D eigenvalue weighted by molar-refractivity contribution is -0.142. The molecular formula is C21H20N2O4S. The average molecular weight is 396 g/mol. The van der Waals surface area contributed by atoms with Crippen molar-refractivity contribution in [2.45, 2.75) is 17.4 Å². The third-order valence-corrected chi connectivity index (χ3v) is 5.69. The van der Waals surface area contributed by atoms with Crippen molar-refractivity contribution < 1.29 is 18.5 Å². The lowest BCUT2D eigenvalue weighted by Gasteiger charge is -2.17. The van der Waals surface area contributed by atoms with Gasteiger partial charge in [-0.25, -0.2) is 4.79 Å². The first kappa shape index (κ1) is 19.7. The third kappa shape index (κ3) is 4.61. The van der Waals surface area contributed by atoms with E-state index < -0.39 is 28.7 Å². The number of amides is 1. The molecule has 3 rings (SSSR count). The first-order valence-corrected chi connectivity index (χ1v) is 10.1. The molecule has 0 bridgehead atoms. The number of aromatic nitrogens is 1. The number of methoxy groups -OCH3 is 1. The molecule has 0 saturated heterocycles. The molecule has 6 nitrogen and oxygen atoms in total. The number of hydrogen-bond donors (Lipinski definition) is 1. The summed E-state index contributed by atoms with van der Waals surface area (Å²) >= 11 is 0. The van der Waals surface area contributed by atoms with Gasteiger partial charge in [0.1, 0.15) is 6.04 Å². The quantitative estimate of drug-likeness (QED) is 0.621. The van der Waals surface area contributed by atoms with E-state index in [1.807, 2.05) is 24.3 Å². The van der Waals surface area contributed by atoms with Crippen LogP contribution in [0, 0.1) is 0 Å². The molecule has 0 unspecified atom stereocenters. The molecule has 7 heteroatoms. The predicted molar refractivity (Wildman–Crippen MR) is 107 cm³/mol. The Kier molecular flexibility index (Phi) is 6.49. The summed E-state index contributed by atoms with van der Waals surface area (Å²) in [6.45, 7) is 0. The van der Waals surface area contributed by atoms with Gasteiger partial charge in [0.25, 0.3) is 5.91 Å². The van der Waals surface area contributed by atoms with Crippen LogP contribution in [0.25, 0.3) is 10.9 Å². The first-order chi connectivity index (χ1) is 13.6. The number of carbonyl (C=O) groups excluding carboxylic acids is 2. The Hall–Kier alpha value is -3.06. The van der Waals surface area contributed by atoms with Crippen LogP contribution in [0.2, 0.25) is 0 Å². The van der Waals surface area contributed by atoms with Crippen molar-refractivity contribution in [3.63, 3.8) is 0 Å². The highest BCUT2D eigenvalue weighted by atomic mass is 32.2. The van der Waals surface area contributed by atoms with E-state index in [4.69, 9.17) is 4.74 Å². The zero-order valence-electron chi connectivity index (χ0n) is 15.3. The van der Waals surface area contributed by atoms with Crippen LogP contribution in [0.15, 0.2) is 71.8 Å². The minimum atomic E-state index is -1.27. The van der Waals surface area contributed by atoms with Gasteiger partial charge in [0.2, 0.25) is 0 Å². The standard InChI is InChI=1S/C21H20N2O4S/c1-27-21(25)19(12-14-28(26)15-7-3-2-4-8-15)23-20(24)17-11-13-22-18-10-6-5-9-16(17)18/h2-11,13,19H,12,14H2,1H3,(H,23,24)/t19-,28+/m0/s1. The molecule has 1 N–H and O–H groups in total. The van der Waals surface area contributed by atoms with Crippen molar-refractivity contribution in [1.82, 2.24) is 10.3 Å². The minimum absolute atomic E-state index is 0.197. The molecule has 0 spiro atoms. The summed E-state index contributed by atoms with van der Waals surface area (Å²) in [5.74, 6) is -0.752. The molecule has 1 heterocycles. The highest BCUT2D eigenvalue weighted by molar-refractivity contribution is 7.85. The van der Waals surface area contributed by atoms with E-state index in [-0.39, 0.29) is 12.2 Å². The fourth-order valence-electron chi connectivity index (χ4n) is 2.84.